The molecule has 1 aromatic heterocycles. The molecule has 0 radical (unpaired) electrons. The predicted molar refractivity (Wildman–Crippen MR) is 79.0 cm³/mol. The lowest BCUT2D eigenvalue weighted by Crippen LogP contribution is -2.60. The van der Waals surface area contributed by atoms with Crippen LogP contribution in [0.5, 0.6) is 0 Å². The molecule has 0 atom stereocenters. The highest BCUT2D eigenvalue weighted by molar-refractivity contribution is 6.29. The van der Waals surface area contributed by atoms with Crippen LogP contribution >= 0.6 is 11.6 Å². The number of hydrogen-bond donors (Lipinski definition) is 3. The second kappa shape index (κ2) is 6.23. The van der Waals surface area contributed by atoms with Gasteiger partial charge in [-0.25, -0.2) is 4.98 Å². The van der Waals surface area contributed by atoms with E-state index >= 15 is 0 Å². The van der Waals surface area contributed by atoms with Crippen LogP contribution < -0.4 is 20.9 Å². The van der Waals surface area contributed by atoms with Gasteiger partial charge in [0.25, 0.3) is 0 Å². The van der Waals surface area contributed by atoms with Crippen molar-refractivity contribution < 1.29 is 4.79 Å². The molecule has 0 bridgehead atoms. The SMILES string of the molecule is CNc1nc(Cl)cc(N2CCC(NC)(NC=O)CC2)n1. The molecule has 1 fully saturated rings. The maximum Gasteiger partial charge on any atom is 0.225 e. The van der Waals surface area contributed by atoms with Crippen LogP contribution in [0.15, 0.2) is 6.07 Å². The van der Waals surface area contributed by atoms with Crippen molar-refractivity contribution >= 4 is 29.8 Å². The van der Waals surface area contributed by atoms with Crippen LogP contribution in [0.2, 0.25) is 5.15 Å². The molecule has 2 heterocycles. The minimum atomic E-state index is -0.332. The first-order valence-electron chi connectivity index (χ1n) is 6.50. The third-order valence-corrected chi connectivity index (χ3v) is 3.85. The van der Waals surface area contributed by atoms with E-state index < -0.39 is 0 Å². The molecule has 1 amide bonds. The summed E-state index contributed by atoms with van der Waals surface area (Å²) in [7, 11) is 3.61. The lowest BCUT2D eigenvalue weighted by Gasteiger charge is -2.41. The van der Waals surface area contributed by atoms with Crippen molar-refractivity contribution in [3.63, 3.8) is 0 Å². The summed E-state index contributed by atoms with van der Waals surface area (Å²) in [5.41, 5.74) is -0.332. The zero-order chi connectivity index (χ0) is 14.6. The Hall–Kier alpha value is -1.60. The summed E-state index contributed by atoms with van der Waals surface area (Å²) >= 11 is 5.99. The van der Waals surface area contributed by atoms with Gasteiger partial charge in [-0.3, -0.25) is 10.1 Å². The van der Waals surface area contributed by atoms with Crippen molar-refractivity contribution in [2.45, 2.75) is 18.5 Å². The average Bonchev–Trinajstić information content (AvgIpc) is 2.47. The Balaban J connectivity index is 2.10. The van der Waals surface area contributed by atoms with Crippen molar-refractivity contribution in [2.24, 2.45) is 0 Å². The van der Waals surface area contributed by atoms with Crippen molar-refractivity contribution in [1.82, 2.24) is 20.6 Å². The fourth-order valence-corrected chi connectivity index (χ4v) is 2.55. The zero-order valence-electron chi connectivity index (χ0n) is 11.6. The molecule has 0 spiro atoms. The summed E-state index contributed by atoms with van der Waals surface area (Å²) in [5, 5.41) is 9.35. The van der Waals surface area contributed by atoms with Crippen LogP contribution in [0.1, 0.15) is 12.8 Å². The average molecular weight is 299 g/mol. The van der Waals surface area contributed by atoms with Gasteiger partial charge in [-0.05, 0) is 7.05 Å². The predicted octanol–water partition coefficient (Wildman–Crippen LogP) is 0.434. The second-order valence-corrected chi connectivity index (χ2v) is 5.09. The fraction of sp³-hybridized carbons (Fsp3) is 0.583. The minimum Gasteiger partial charge on any atom is -0.357 e. The molecule has 3 N–H and O–H groups in total. The van der Waals surface area contributed by atoms with Gasteiger partial charge >= 0.3 is 0 Å². The van der Waals surface area contributed by atoms with E-state index in [1.54, 1.807) is 13.1 Å². The maximum atomic E-state index is 10.7. The van der Waals surface area contributed by atoms with Gasteiger partial charge in [-0.2, -0.15) is 4.98 Å². The normalized spacial score (nSPS) is 17.6. The van der Waals surface area contributed by atoms with E-state index in [4.69, 9.17) is 11.6 Å². The first kappa shape index (κ1) is 14.8. The number of nitrogens with one attached hydrogen (secondary N) is 3. The van der Waals surface area contributed by atoms with Gasteiger partial charge in [0.15, 0.2) is 0 Å². The molecule has 110 valence electrons. The molecule has 1 aliphatic heterocycles. The van der Waals surface area contributed by atoms with Crippen molar-refractivity contribution in [1.29, 1.82) is 0 Å². The molecule has 0 aliphatic carbocycles. The summed E-state index contributed by atoms with van der Waals surface area (Å²) in [5.74, 6) is 1.30. The van der Waals surface area contributed by atoms with Gasteiger partial charge in [0.2, 0.25) is 12.4 Å². The lowest BCUT2D eigenvalue weighted by molar-refractivity contribution is -0.111. The molecule has 0 saturated carbocycles. The summed E-state index contributed by atoms with van der Waals surface area (Å²) in [6.07, 6.45) is 2.32. The number of rotatable bonds is 5. The first-order chi connectivity index (χ1) is 9.62. The van der Waals surface area contributed by atoms with E-state index in [9.17, 15) is 4.79 Å². The monoisotopic (exact) mass is 298 g/mol. The lowest BCUT2D eigenvalue weighted by atomic mass is 9.97. The quantitative estimate of drug-likeness (QED) is 0.416. The van der Waals surface area contributed by atoms with E-state index in [0.29, 0.717) is 11.1 Å². The number of hydrogen-bond acceptors (Lipinski definition) is 6. The molecule has 2 rings (SSSR count). The fourth-order valence-electron chi connectivity index (χ4n) is 2.38. The Morgan fingerprint density at radius 3 is 2.60 bits per heavy atom. The van der Waals surface area contributed by atoms with Crippen LogP contribution in [-0.2, 0) is 4.79 Å². The Labute approximate surface area is 123 Å². The van der Waals surface area contributed by atoms with Crippen molar-refractivity contribution in [2.75, 3.05) is 37.4 Å². The number of amides is 1. The van der Waals surface area contributed by atoms with Gasteiger partial charge in [0, 0.05) is 39.0 Å². The smallest absolute Gasteiger partial charge is 0.225 e. The molecule has 0 aromatic carbocycles. The summed E-state index contributed by atoms with van der Waals surface area (Å²) in [4.78, 5) is 21.3. The number of anilines is 2. The van der Waals surface area contributed by atoms with Gasteiger partial charge in [-0.1, -0.05) is 11.6 Å². The summed E-state index contributed by atoms with van der Waals surface area (Å²) in [6, 6.07) is 1.75. The number of carbonyl (C=O) groups is 1. The molecular formula is C12H19ClN6O. The highest BCUT2D eigenvalue weighted by Gasteiger charge is 2.33. The Morgan fingerprint density at radius 1 is 1.35 bits per heavy atom. The zero-order valence-corrected chi connectivity index (χ0v) is 12.4. The maximum absolute atomic E-state index is 10.7. The van der Waals surface area contributed by atoms with Crippen molar-refractivity contribution in [3.8, 4) is 0 Å². The standard InChI is InChI=1S/C12H19ClN6O/c1-14-11-17-9(13)7-10(18-11)19-5-3-12(15-2,4-6-19)16-8-20/h7-8,15H,3-6H2,1-2H3,(H,16,20)(H,14,17,18). The van der Waals surface area contributed by atoms with Gasteiger partial charge in [0.05, 0.1) is 5.66 Å². The van der Waals surface area contributed by atoms with Gasteiger partial charge in [-0.15, -0.1) is 0 Å². The summed E-state index contributed by atoms with van der Waals surface area (Å²) < 4.78 is 0. The number of aromatic nitrogens is 2. The van der Waals surface area contributed by atoms with Crippen LogP contribution in [0.25, 0.3) is 0 Å². The Morgan fingerprint density at radius 2 is 2.05 bits per heavy atom. The van der Waals surface area contributed by atoms with E-state index in [1.165, 1.54) is 0 Å². The van der Waals surface area contributed by atoms with E-state index in [-0.39, 0.29) is 5.66 Å². The van der Waals surface area contributed by atoms with E-state index in [0.717, 1.165) is 38.2 Å². The minimum absolute atomic E-state index is 0.332. The summed E-state index contributed by atoms with van der Waals surface area (Å²) in [6.45, 7) is 1.55. The number of nitrogens with zero attached hydrogens (tertiary/aromatic N) is 3. The number of halogens is 1. The highest BCUT2D eigenvalue weighted by atomic mass is 35.5. The van der Waals surface area contributed by atoms with Crippen LogP contribution in [0.3, 0.4) is 0 Å². The number of piperidine rings is 1. The highest BCUT2D eigenvalue weighted by Crippen LogP contribution is 2.25. The molecule has 1 aliphatic rings. The Kier molecular flexibility index (Phi) is 4.61. The van der Waals surface area contributed by atoms with E-state index in [2.05, 4.69) is 30.8 Å². The van der Waals surface area contributed by atoms with Gasteiger partial charge < -0.3 is 15.5 Å². The molecule has 8 heteroatoms. The van der Waals surface area contributed by atoms with E-state index in [1.807, 2.05) is 7.05 Å². The molecule has 7 nitrogen and oxygen atoms in total. The topological polar surface area (TPSA) is 82.2 Å². The molecule has 1 aromatic rings. The van der Waals surface area contributed by atoms with Crippen LogP contribution in [-0.4, -0.2) is 49.2 Å². The molecule has 20 heavy (non-hydrogen) atoms. The van der Waals surface area contributed by atoms with Gasteiger partial charge in [0.1, 0.15) is 11.0 Å². The van der Waals surface area contributed by atoms with Crippen LogP contribution in [0.4, 0.5) is 11.8 Å². The molecule has 0 unspecified atom stereocenters. The number of carbonyl (C=O) groups excluding carboxylic acids is 1. The largest absolute Gasteiger partial charge is 0.357 e. The molecule has 1 saturated heterocycles. The Bertz CT molecular complexity index is 475. The van der Waals surface area contributed by atoms with Crippen molar-refractivity contribution in [3.05, 3.63) is 11.2 Å². The first-order valence-corrected chi connectivity index (χ1v) is 6.88. The molecular weight excluding hydrogens is 280 g/mol. The second-order valence-electron chi connectivity index (χ2n) is 4.70. The third kappa shape index (κ3) is 3.10. The third-order valence-electron chi connectivity index (χ3n) is 3.66. The van der Waals surface area contributed by atoms with Crippen LogP contribution in [0, 0.1) is 0 Å².